The van der Waals surface area contributed by atoms with E-state index in [0.29, 0.717) is 19.1 Å². The molecule has 3 rings (SSSR count). The summed E-state index contributed by atoms with van der Waals surface area (Å²) in [5.41, 5.74) is 1.27. The highest BCUT2D eigenvalue weighted by molar-refractivity contribution is 5.14. The maximum absolute atomic E-state index is 10.3. The second kappa shape index (κ2) is 8.56. The summed E-state index contributed by atoms with van der Waals surface area (Å²) in [6.45, 7) is 5.04. The van der Waals surface area contributed by atoms with Gasteiger partial charge in [0.05, 0.1) is 12.6 Å². The van der Waals surface area contributed by atoms with E-state index in [9.17, 15) is 5.11 Å². The molecule has 0 radical (unpaired) electrons. The molecule has 0 saturated carbocycles. The molecule has 2 atom stereocenters. The molecular formula is C19H29N5O. The quantitative estimate of drug-likeness (QED) is 0.755. The summed E-state index contributed by atoms with van der Waals surface area (Å²) in [5, 5.41) is 18.4. The summed E-state index contributed by atoms with van der Waals surface area (Å²) < 4.78 is 2.02. The van der Waals surface area contributed by atoms with E-state index in [-0.39, 0.29) is 6.10 Å². The van der Waals surface area contributed by atoms with Crippen LogP contribution in [0.3, 0.4) is 0 Å². The summed E-state index contributed by atoms with van der Waals surface area (Å²) in [5.74, 6) is 2.02. The van der Waals surface area contributed by atoms with E-state index in [4.69, 9.17) is 0 Å². The molecule has 1 aliphatic heterocycles. The lowest BCUT2D eigenvalue weighted by atomic mass is 10.1. The van der Waals surface area contributed by atoms with Crippen LogP contribution in [0.1, 0.15) is 30.6 Å². The van der Waals surface area contributed by atoms with E-state index >= 15 is 0 Å². The van der Waals surface area contributed by atoms with Crippen molar-refractivity contribution in [3.8, 4) is 0 Å². The molecule has 1 aliphatic rings. The van der Waals surface area contributed by atoms with E-state index in [1.54, 1.807) is 0 Å². The lowest BCUT2D eigenvalue weighted by Crippen LogP contribution is -2.44. The molecule has 0 spiro atoms. The van der Waals surface area contributed by atoms with E-state index in [1.807, 2.05) is 29.9 Å². The Kier molecular flexibility index (Phi) is 6.18. The zero-order chi connectivity index (χ0) is 17.6. The second-order valence-electron chi connectivity index (χ2n) is 6.96. The number of likely N-dealkylation sites (N-methyl/N-ethyl adjacent to an activating group) is 1. The Morgan fingerprint density at radius 3 is 2.92 bits per heavy atom. The van der Waals surface area contributed by atoms with Crippen molar-refractivity contribution in [2.24, 2.45) is 0 Å². The minimum absolute atomic E-state index is 0.355. The number of aryl methyl sites for hydroxylation is 2. The Morgan fingerprint density at radius 1 is 1.36 bits per heavy atom. The number of aromatic nitrogens is 3. The Bertz CT molecular complexity index is 657. The molecule has 6 nitrogen and oxygen atoms in total. The molecule has 1 aromatic heterocycles. The van der Waals surface area contributed by atoms with Crippen LogP contribution in [0.4, 0.5) is 0 Å². The molecule has 6 heteroatoms. The molecule has 0 amide bonds. The van der Waals surface area contributed by atoms with Crippen molar-refractivity contribution in [3.63, 3.8) is 0 Å². The third kappa shape index (κ3) is 5.11. The second-order valence-corrected chi connectivity index (χ2v) is 6.96. The van der Waals surface area contributed by atoms with Crippen LogP contribution < -0.4 is 5.32 Å². The van der Waals surface area contributed by atoms with Gasteiger partial charge in [-0.2, -0.15) is 5.10 Å². The smallest absolute Gasteiger partial charge is 0.150 e. The van der Waals surface area contributed by atoms with Gasteiger partial charge in [0, 0.05) is 38.5 Å². The number of hydrogen-bond acceptors (Lipinski definition) is 5. The lowest BCUT2D eigenvalue weighted by Gasteiger charge is -2.26. The number of fused-ring (bicyclic) bond motifs is 1. The van der Waals surface area contributed by atoms with Gasteiger partial charge in [0.2, 0.25) is 0 Å². The first-order chi connectivity index (χ1) is 12.1. The van der Waals surface area contributed by atoms with Crippen molar-refractivity contribution >= 4 is 0 Å². The largest absolute Gasteiger partial charge is 0.390 e. The molecule has 1 aromatic carbocycles. The van der Waals surface area contributed by atoms with Gasteiger partial charge >= 0.3 is 0 Å². The number of nitrogens with one attached hydrogen (secondary N) is 1. The molecule has 0 bridgehead atoms. The molecule has 0 unspecified atom stereocenters. The van der Waals surface area contributed by atoms with Gasteiger partial charge in [0.25, 0.3) is 0 Å². The minimum atomic E-state index is -0.378. The third-order valence-electron chi connectivity index (χ3n) is 4.68. The van der Waals surface area contributed by atoms with Crippen LogP contribution in [0.25, 0.3) is 0 Å². The zero-order valence-electron chi connectivity index (χ0n) is 15.2. The Balaban J connectivity index is 1.41. The highest BCUT2D eigenvalue weighted by atomic mass is 16.3. The van der Waals surface area contributed by atoms with Crippen molar-refractivity contribution in [1.29, 1.82) is 0 Å². The summed E-state index contributed by atoms with van der Waals surface area (Å²) in [4.78, 5) is 6.70. The molecule has 136 valence electrons. The van der Waals surface area contributed by atoms with Gasteiger partial charge < -0.3 is 10.4 Å². The fourth-order valence-electron chi connectivity index (χ4n) is 3.36. The summed E-state index contributed by atoms with van der Waals surface area (Å²) in [7, 11) is 2.05. The third-order valence-corrected chi connectivity index (χ3v) is 4.68. The van der Waals surface area contributed by atoms with Gasteiger partial charge in [0.15, 0.2) is 5.82 Å². The van der Waals surface area contributed by atoms with Crippen LogP contribution in [0.5, 0.6) is 0 Å². The molecule has 2 aromatic rings. The Labute approximate surface area is 149 Å². The maximum Gasteiger partial charge on any atom is 0.150 e. The lowest BCUT2D eigenvalue weighted by molar-refractivity contribution is 0.116. The molecule has 2 heterocycles. The fraction of sp³-hybridized carbons (Fsp3) is 0.579. The van der Waals surface area contributed by atoms with Crippen molar-refractivity contribution in [2.75, 3.05) is 20.1 Å². The standard InChI is InChI=1S/C19H29N5O/c1-3-18-21-19-10-9-16(13-24(19)22-18)20-11-17(25)14-23(2)12-15-7-5-4-6-8-15/h4-8,16-17,20,25H,3,9-14H2,1-2H3/t16-,17-/m1/s1. The normalized spacial score (nSPS) is 18.3. The summed E-state index contributed by atoms with van der Waals surface area (Å²) in [6.07, 6.45) is 2.50. The number of nitrogens with zero attached hydrogens (tertiary/aromatic N) is 4. The van der Waals surface area contributed by atoms with Gasteiger partial charge in [-0.05, 0) is 19.0 Å². The first kappa shape index (κ1) is 18.0. The molecule has 0 aliphatic carbocycles. The maximum atomic E-state index is 10.3. The predicted molar refractivity (Wildman–Crippen MR) is 98.3 cm³/mol. The fourth-order valence-corrected chi connectivity index (χ4v) is 3.36. The van der Waals surface area contributed by atoms with Crippen molar-refractivity contribution in [2.45, 2.75) is 51.4 Å². The molecule has 25 heavy (non-hydrogen) atoms. The predicted octanol–water partition coefficient (Wildman–Crippen LogP) is 1.24. The van der Waals surface area contributed by atoms with Gasteiger partial charge in [-0.3, -0.25) is 4.90 Å². The van der Waals surface area contributed by atoms with Crippen LogP contribution in [-0.2, 0) is 25.9 Å². The van der Waals surface area contributed by atoms with Gasteiger partial charge in [-0.1, -0.05) is 37.3 Å². The van der Waals surface area contributed by atoms with Crippen LogP contribution in [-0.4, -0.2) is 57.1 Å². The molecule has 0 fully saturated rings. The van der Waals surface area contributed by atoms with Gasteiger partial charge in [-0.15, -0.1) is 0 Å². The van der Waals surface area contributed by atoms with Crippen molar-refractivity contribution < 1.29 is 5.11 Å². The Morgan fingerprint density at radius 2 is 2.16 bits per heavy atom. The number of aliphatic hydroxyl groups is 1. The average Bonchev–Trinajstić information content (AvgIpc) is 3.03. The van der Waals surface area contributed by atoms with Crippen LogP contribution in [0, 0.1) is 0 Å². The molecule has 2 N–H and O–H groups in total. The summed E-state index contributed by atoms with van der Waals surface area (Å²) >= 11 is 0. The highest BCUT2D eigenvalue weighted by Crippen LogP contribution is 2.13. The summed E-state index contributed by atoms with van der Waals surface area (Å²) in [6, 6.07) is 10.7. The highest BCUT2D eigenvalue weighted by Gasteiger charge is 2.21. The van der Waals surface area contributed by atoms with E-state index in [2.05, 4.69) is 39.4 Å². The average molecular weight is 343 g/mol. The van der Waals surface area contributed by atoms with Crippen LogP contribution in [0.15, 0.2) is 30.3 Å². The minimum Gasteiger partial charge on any atom is -0.390 e. The number of aliphatic hydroxyl groups excluding tert-OH is 1. The van der Waals surface area contributed by atoms with Crippen molar-refractivity contribution in [3.05, 3.63) is 47.5 Å². The van der Waals surface area contributed by atoms with E-state index in [1.165, 1.54) is 5.56 Å². The topological polar surface area (TPSA) is 66.2 Å². The number of benzene rings is 1. The van der Waals surface area contributed by atoms with Gasteiger partial charge in [-0.25, -0.2) is 9.67 Å². The number of hydrogen-bond donors (Lipinski definition) is 2. The first-order valence-electron chi connectivity index (χ1n) is 9.20. The van der Waals surface area contributed by atoms with E-state index < -0.39 is 0 Å². The molecule has 0 saturated heterocycles. The van der Waals surface area contributed by atoms with E-state index in [0.717, 1.165) is 44.0 Å². The first-order valence-corrected chi connectivity index (χ1v) is 9.20. The monoisotopic (exact) mass is 343 g/mol. The Hall–Kier alpha value is -1.76. The number of rotatable bonds is 8. The van der Waals surface area contributed by atoms with Crippen molar-refractivity contribution in [1.82, 2.24) is 25.0 Å². The van der Waals surface area contributed by atoms with Crippen LogP contribution >= 0.6 is 0 Å². The zero-order valence-corrected chi connectivity index (χ0v) is 15.2. The van der Waals surface area contributed by atoms with Crippen LogP contribution in [0.2, 0.25) is 0 Å². The molecular weight excluding hydrogens is 314 g/mol. The van der Waals surface area contributed by atoms with Gasteiger partial charge in [0.1, 0.15) is 5.82 Å². The SMILES string of the molecule is CCc1nc2n(n1)C[C@H](NC[C@@H](O)CN(C)Cc1ccccc1)CC2.